The highest BCUT2D eigenvalue weighted by atomic mass is 16.4. The van der Waals surface area contributed by atoms with E-state index in [0.717, 1.165) is 22.5 Å². The summed E-state index contributed by atoms with van der Waals surface area (Å²) in [5.74, 6) is -0.851. The van der Waals surface area contributed by atoms with E-state index in [1.165, 1.54) is 0 Å². The average Bonchev–Trinajstić information content (AvgIpc) is 2.66. The fraction of sp³-hybridized carbons (Fsp3) is 0.167. The minimum Gasteiger partial charge on any atom is -0.480 e. The standard InChI is InChI=1S/C12H10N2O2/c15-12(16)10-5-8-7-3-1-2-4-9(7)14-11(8)6-13-10/h1-5,10,13H,6H2,(H,15,16). The van der Waals surface area contributed by atoms with Gasteiger partial charge >= 0.3 is 5.97 Å². The van der Waals surface area contributed by atoms with Gasteiger partial charge in [0.15, 0.2) is 0 Å². The quantitative estimate of drug-likeness (QED) is 0.738. The summed E-state index contributed by atoms with van der Waals surface area (Å²) in [7, 11) is 0. The number of carbonyl (C=O) groups is 1. The maximum absolute atomic E-state index is 10.9. The van der Waals surface area contributed by atoms with Crippen molar-refractivity contribution in [3.05, 3.63) is 35.9 Å². The summed E-state index contributed by atoms with van der Waals surface area (Å²) in [6.45, 7) is 0.511. The van der Waals surface area contributed by atoms with Gasteiger partial charge in [0.25, 0.3) is 0 Å². The molecule has 1 aromatic rings. The van der Waals surface area contributed by atoms with Crippen molar-refractivity contribution in [2.45, 2.75) is 6.04 Å². The number of nitrogens with zero attached hydrogens (tertiary/aromatic N) is 1. The van der Waals surface area contributed by atoms with Gasteiger partial charge in [0.2, 0.25) is 0 Å². The molecule has 1 unspecified atom stereocenters. The van der Waals surface area contributed by atoms with Crippen molar-refractivity contribution in [3.63, 3.8) is 0 Å². The molecule has 2 aliphatic rings. The van der Waals surface area contributed by atoms with Crippen molar-refractivity contribution in [2.75, 3.05) is 6.54 Å². The van der Waals surface area contributed by atoms with E-state index in [1.807, 2.05) is 24.3 Å². The number of aliphatic carboxylic acids is 1. The second-order valence-electron chi connectivity index (χ2n) is 3.85. The minimum absolute atomic E-state index is 0.511. The molecule has 16 heavy (non-hydrogen) atoms. The molecule has 2 heterocycles. The first-order valence-corrected chi connectivity index (χ1v) is 5.11. The molecule has 2 N–H and O–H groups in total. The molecule has 0 amide bonds. The second kappa shape index (κ2) is 3.28. The Labute approximate surface area is 92.3 Å². The van der Waals surface area contributed by atoms with Crippen molar-refractivity contribution in [1.29, 1.82) is 0 Å². The molecule has 4 nitrogen and oxygen atoms in total. The maximum atomic E-state index is 10.9. The van der Waals surface area contributed by atoms with E-state index in [-0.39, 0.29) is 0 Å². The Morgan fingerprint density at radius 1 is 1.44 bits per heavy atom. The van der Waals surface area contributed by atoms with Crippen LogP contribution in [0.15, 0.2) is 35.3 Å². The predicted octanol–water partition coefficient (Wildman–Crippen LogP) is 1.21. The van der Waals surface area contributed by atoms with Gasteiger partial charge in [0.05, 0.1) is 11.4 Å². The second-order valence-corrected chi connectivity index (χ2v) is 3.85. The molecule has 1 aromatic carbocycles. The predicted molar refractivity (Wildman–Crippen MR) is 60.9 cm³/mol. The molecule has 4 heteroatoms. The SMILES string of the molecule is O=C(O)C1C=C2C(=Nc3ccccc32)CN1. The Kier molecular flexibility index (Phi) is 1.91. The number of rotatable bonds is 1. The molecular weight excluding hydrogens is 204 g/mol. The normalized spacial score (nSPS) is 21.9. The Morgan fingerprint density at radius 2 is 2.25 bits per heavy atom. The van der Waals surface area contributed by atoms with E-state index in [1.54, 1.807) is 6.08 Å². The summed E-state index contributed by atoms with van der Waals surface area (Å²) in [6.07, 6.45) is 1.73. The Balaban J connectivity index is 2.10. The summed E-state index contributed by atoms with van der Waals surface area (Å²) < 4.78 is 0. The van der Waals surface area contributed by atoms with E-state index in [4.69, 9.17) is 5.11 Å². The van der Waals surface area contributed by atoms with Crippen molar-refractivity contribution in [3.8, 4) is 0 Å². The molecular formula is C12H10N2O2. The molecule has 3 rings (SSSR count). The van der Waals surface area contributed by atoms with Crippen molar-refractivity contribution >= 4 is 22.9 Å². The van der Waals surface area contributed by atoms with Crippen LogP contribution in [0.3, 0.4) is 0 Å². The summed E-state index contributed by atoms with van der Waals surface area (Å²) in [6, 6.07) is 7.18. The monoisotopic (exact) mass is 214 g/mol. The number of hydrogen-bond donors (Lipinski definition) is 2. The highest BCUT2D eigenvalue weighted by Crippen LogP contribution is 2.35. The smallest absolute Gasteiger partial charge is 0.324 e. The van der Waals surface area contributed by atoms with Crippen LogP contribution in [0.2, 0.25) is 0 Å². The van der Waals surface area contributed by atoms with Crippen LogP contribution in [-0.2, 0) is 4.79 Å². The molecule has 0 saturated heterocycles. The zero-order valence-corrected chi connectivity index (χ0v) is 8.47. The lowest BCUT2D eigenvalue weighted by molar-refractivity contribution is -0.138. The zero-order valence-electron chi connectivity index (χ0n) is 8.47. The number of nitrogens with one attached hydrogen (secondary N) is 1. The van der Waals surface area contributed by atoms with Crippen LogP contribution < -0.4 is 5.32 Å². The van der Waals surface area contributed by atoms with E-state index in [2.05, 4.69) is 10.3 Å². The number of para-hydroxylation sites is 1. The molecule has 80 valence electrons. The molecule has 0 fully saturated rings. The lowest BCUT2D eigenvalue weighted by atomic mass is 9.97. The number of benzene rings is 1. The number of carboxylic acids is 1. The summed E-state index contributed by atoms with van der Waals surface area (Å²) >= 11 is 0. The molecule has 2 aliphatic heterocycles. The molecule has 0 radical (unpaired) electrons. The van der Waals surface area contributed by atoms with Crippen LogP contribution in [0.1, 0.15) is 5.56 Å². The Morgan fingerprint density at radius 3 is 3.06 bits per heavy atom. The third kappa shape index (κ3) is 1.27. The minimum atomic E-state index is -0.851. The van der Waals surface area contributed by atoms with E-state index >= 15 is 0 Å². The molecule has 0 bridgehead atoms. The van der Waals surface area contributed by atoms with E-state index in [9.17, 15) is 4.79 Å². The topological polar surface area (TPSA) is 61.7 Å². The van der Waals surface area contributed by atoms with Gasteiger partial charge < -0.3 is 5.11 Å². The van der Waals surface area contributed by atoms with E-state index < -0.39 is 12.0 Å². The van der Waals surface area contributed by atoms with Gasteiger partial charge in [-0.25, -0.2) is 0 Å². The van der Waals surface area contributed by atoms with E-state index in [0.29, 0.717) is 6.54 Å². The number of fused-ring (bicyclic) bond motifs is 3. The first-order chi connectivity index (χ1) is 7.75. The third-order valence-corrected chi connectivity index (χ3v) is 2.85. The van der Waals surface area contributed by atoms with Crippen LogP contribution in [0.25, 0.3) is 5.57 Å². The van der Waals surface area contributed by atoms with Gasteiger partial charge in [-0.1, -0.05) is 18.2 Å². The van der Waals surface area contributed by atoms with Crippen molar-refractivity contribution < 1.29 is 9.90 Å². The maximum Gasteiger partial charge on any atom is 0.324 e. The van der Waals surface area contributed by atoms with Crippen LogP contribution in [-0.4, -0.2) is 29.4 Å². The van der Waals surface area contributed by atoms with Gasteiger partial charge in [-0.05, 0) is 12.1 Å². The fourth-order valence-corrected chi connectivity index (χ4v) is 2.07. The lowest BCUT2D eigenvalue weighted by Gasteiger charge is -2.18. The molecule has 1 atom stereocenters. The van der Waals surface area contributed by atoms with Gasteiger partial charge in [0, 0.05) is 17.7 Å². The van der Waals surface area contributed by atoms with Gasteiger partial charge in [-0.2, -0.15) is 0 Å². The van der Waals surface area contributed by atoms with Crippen LogP contribution in [0, 0.1) is 0 Å². The van der Waals surface area contributed by atoms with Crippen LogP contribution >= 0.6 is 0 Å². The first-order valence-electron chi connectivity index (χ1n) is 5.11. The summed E-state index contributed by atoms with van der Waals surface area (Å²) in [5, 5.41) is 11.9. The third-order valence-electron chi connectivity index (χ3n) is 2.85. The lowest BCUT2D eigenvalue weighted by Crippen LogP contribution is -2.41. The average molecular weight is 214 g/mol. The van der Waals surface area contributed by atoms with Crippen LogP contribution in [0.5, 0.6) is 0 Å². The van der Waals surface area contributed by atoms with Crippen LogP contribution in [0.4, 0.5) is 5.69 Å². The highest BCUT2D eigenvalue weighted by Gasteiger charge is 2.28. The Bertz CT molecular complexity index is 532. The fourth-order valence-electron chi connectivity index (χ4n) is 2.07. The zero-order chi connectivity index (χ0) is 11.1. The number of aliphatic imine (C=N–C) groups is 1. The van der Waals surface area contributed by atoms with Crippen molar-refractivity contribution in [1.82, 2.24) is 5.32 Å². The molecule has 0 saturated carbocycles. The summed E-state index contributed by atoms with van der Waals surface area (Å²) in [4.78, 5) is 15.4. The molecule has 0 spiro atoms. The number of hydrogen-bond acceptors (Lipinski definition) is 3. The van der Waals surface area contributed by atoms with Crippen molar-refractivity contribution in [2.24, 2.45) is 4.99 Å². The summed E-state index contributed by atoms with van der Waals surface area (Å²) in [5.41, 5.74) is 3.85. The van der Waals surface area contributed by atoms with Gasteiger partial charge in [-0.15, -0.1) is 0 Å². The first kappa shape index (κ1) is 9.30. The molecule has 0 aliphatic carbocycles. The Hall–Kier alpha value is -1.94. The highest BCUT2D eigenvalue weighted by molar-refractivity contribution is 6.30. The number of carboxylic acid groups (broad SMARTS) is 1. The van der Waals surface area contributed by atoms with Gasteiger partial charge in [0.1, 0.15) is 6.04 Å². The largest absolute Gasteiger partial charge is 0.480 e. The molecule has 0 aromatic heterocycles. The van der Waals surface area contributed by atoms with Gasteiger partial charge in [-0.3, -0.25) is 15.1 Å².